The molecule has 0 fully saturated rings. The molecule has 0 radical (unpaired) electrons. The number of nitrogens with one attached hydrogen (secondary N) is 1. The first-order chi connectivity index (χ1) is 7.96. The third-order valence-corrected chi connectivity index (χ3v) is 4.09. The Morgan fingerprint density at radius 2 is 2.12 bits per heavy atom. The van der Waals surface area contributed by atoms with Gasteiger partial charge in [0.2, 0.25) is 9.84 Å². The maximum Gasteiger partial charge on any atom is 0.337 e. The topological polar surface area (TPSA) is 89.5 Å². The second-order valence-corrected chi connectivity index (χ2v) is 5.33. The molecule has 1 heterocycles. The summed E-state index contributed by atoms with van der Waals surface area (Å²) in [6.07, 6.45) is 0. The molecule has 90 valence electrons. The molecule has 1 aromatic carbocycles. The zero-order chi connectivity index (χ0) is 12.6. The predicted octanol–water partition coefficient (Wildman–Crippen LogP) is 0.199. The highest BCUT2D eigenvalue weighted by Gasteiger charge is 2.32. The lowest BCUT2D eigenvalue weighted by molar-refractivity contribution is -0.110. The summed E-state index contributed by atoms with van der Waals surface area (Å²) in [6, 6.07) is 3.88. The molecular formula is C10H9NO5S. The lowest BCUT2D eigenvalue weighted by Crippen LogP contribution is -2.29. The van der Waals surface area contributed by atoms with E-state index >= 15 is 0 Å². The van der Waals surface area contributed by atoms with Crippen LogP contribution in [0.3, 0.4) is 0 Å². The Hall–Kier alpha value is -1.89. The molecule has 17 heavy (non-hydrogen) atoms. The fraction of sp³-hybridized carbons (Fsp3) is 0.200. The average Bonchev–Trinajstić information content (AvgIpc) is 2.33. The Balaban J connectivity index is 2.57. The third-order valence-electron chi connectivity index (χ3n) is 2.41. The van der Waals surface area contributed by atoms with Crippen LogP contribution in [0.5, 0.6) is 0 Å². The van der Waals surface area contributed by atoms with Crippen LogP contribution in [-0.4, -0.2) is 33.2 Å². The minimum Gasteiger partial charge on any atom is -0.465 e. The zero-order valence-electron chi connectivity index (χ0n) is 8.89. The molecule has 6 nitrogen and oxygen atoms in total. The third kappa shape index (κ3) is 1.78. The second-order valence-electron chi connectivity index (χ2n) is 3.43. The summed E-state index contributed by atoms with van der Waals surface area (Å²) < 4.78 is 27.8. The number of anilines is 1. The molecule has 0 atom stereocenters. The number of methoxy groups -OCH3 is 1. The van der Waals surface area contributed by atoms with Crippen molar-refractivity contribution in [2.24, 2.45) is 0 Å². The lowest BCUT2D eigenvalue weighted by Gasteiger charge is -2.17. The summed E-state index contributed by atoms with van der Waals surface area (Å²) in [5.41, 5.74) is 0.468. The number of carbonyl (C=O) groups is 2. The van der Waals surface area contributed by atoms with Gasteiger partial charge in [0.1, 0.15) is 0 Å². The maximum atomic E-state index is 11.6. The van der Waals surface area contributed by atoms with Crippen LogP contribution in [0.4, 0.5) is 5.69 Å². The first-order valence-electron chi connectivity index (χ1n) is 4.71. The van der Waals surface area contributed by atoms with Crippen molar-refractivity contribution in [3.05, 3.63) is 23.8 Å². The number of fused-ring (bicyclic) bond motifs is 1. The number of ether oxygens (including phenoxy) is 1. The fourth-order valence-electron chi connectivity index (χ4n) is 1.53. The molecule has 0 saturated carbocycles. The number of rotatable bonds is 1. The molecule has 1 N–H and O–H groups in total. The monoisotopic (exact) mass is 255 g/mol. The Morgan fingerprint density at radius 3 is 2.76 bits per heavy atom. The SMILES string of the molecule is COC(=O)c1ccc2c(c1)NCC(=O)S2(=O)=O. The molecule has 0 spiro atoms. The van der Waals surface area contributed by atoms with E-state index in [1.54, 1.807) is 0 Å². The standard InChI is InChI=1S/C10H9NO5S/c1-16-10(13)6-2-3-8-7(4-6)11-5-9(12)17(8,14)15/h2-4,11H,5H2,1H3. The molecule has 0 amide bonds. The second kappa shape index (κ2) is 3.85. The molecule has 0 aliphatic carbocycles. The van der Waals surface area contributed by atoms with Crippen molar-refractivity contribution in [2.45, 2.75) is 4.90 Å². The number of hydrogen-bond acceptors (Lipinski definition) is 6. The van der Waals surface area contributed by atoms with E-state index < -0.39 is 20.9 Å². The number of esters is 1. The first-order valence-corrected chi connectivity index (χ1v) is 6.19. The van der Waals surface area contributed by atoms with Gasteiger partial charge >= 0.3 is 5.97 Å². The van der Waals surface area contributed by atoms with E-state index in [1.165, 1.54) is 25.3 Å². The van der Waals surface area contributed by atoms with Crippen molar-refractivity contribution >= 4 is 26.6 Å². The average molecular weight is 255 g/mol. The highest BCUT2D eigenvalue weighted by Crippen LogP contribution is 2.27. The smallest absolute Gasteiger partial charge is 0.337 e. The van der Waals surface area contributed by atoms with Gasteiger partial charge in [-0.15, -0.1) is 0 Å². The number of sulfone groups is 1. The van der Waals surface area contributed by atoms with Gasteiger partial charge in [0.15, 0.2) is 0 Å². The minimum atomic E-state index is -3.92. The molecule has 0 unspecified atom stereocenters. The first kappa shape index (κ1) is 11.6. The molecule has 1 aliphatic heterocycles. The molecule has 0 bridgehead atoms. The van der Waals surface area contributed by atoms with E-state index in [9.17, 15) is 18.0 Å². The molecule has 1 aliphatic rings. The van der Waals surface area contributed by atoms with E-state index in [-0.39, 0.29) is 22.7 Å². The van der Waals surface area contributed by atoms with Crippen molar-refractivity contribution in [1.82, 2.24) is 0 Å². The van der Waals surface area contributed by atoms with Gasteiger partial charge < -0.3 is 10.1 Å². The van der Waals surface area contributed by atoms with Gasteiger partial charge in [0.25, 0.3) is 5.12 Å². The van der Waals surface area contributed by atoms with Crippen molar-refractivity contribution in [2.75, 3.05) is 19.0 Å². The van der Waals surface area contributed by atoms with Crippen molar-refractivity contribution in [3.8, 4) is 0 Å². The van der Waals surface area contributed by atoms with Crippen LogP contribution >= 0.6 is 0 Å². The van der Waals surface area contributed by atoms with Crippen molar-refractivity contribution in [3.63, 3.8) is 0 Å². The van der Waals surface area contributed by atoms with E-state index in [2.05, 4.69) is 10.1 Å². The number of hydrogen-bond donors (Lipinski definition) is 1. The number of carbonyl (C=O) groups excluding carboxylic acids is 2. The molecular weight excluding hydrogens is 246 g/mol. The summed E-state index contributed by atoms with van der Waals surface area (Å²) in [5.74, 6) is -0.566. The van der Waals surface area contributed by atoms with E-state index in [0.29, 0.717) is 0 Å². The minimum absolute atomic E-state index is 0.110. The van der Waals surface area contributed by atoms with Gasteiger partial charge in [-0.25, -0.2) is 13.2 Å². The van der Waals surface area contributed by atoms with E-state index in [4.69, 9.17) is 0 Å². The molecule has 1 aromatic rings. The summed E-state index contributed by atoms with van der Waals surface area (Å²) in [4.78, 5) is 22.4. The molecule has 0 saturated heterocycles. The molecule has 0 aromatic heterocycles. The highest BCUT2D eigenvalue weighted by molar-refractivity contribution is 8.06. The predicted molar refractivity (Wildman–Crippen MR) is 58.5 cm³/mol. The van der Waals surface area contributed by atoms with Crippen molar-refractivity contribution in [1.29, 1.82) is 0 Å². The molecule has 7 heteroatoms. The summed E-state index contributed by atoms with van der Waals surface area (Å²) >= 11 is 0. The Morgan fingerprint density at radius 1 is 1.41 bits per heavy atom. The lowest BCUT2D eigenvalue weighted by atomic mass is 10.2. The van der Waals surface area contributed by atoms with Crippen LogP contribution in [-0.2, 0) is 19.4 Å². The maximum absolute atomic E-state index is 11.6. The summed E-state index contributed by atoms with van der Waals surface area (Å²) in [5, 5.41) is 1.77. The van der Waals surface area contributed by atoms with Crippen LogP contribution in [0.2, 0.25) is 0 Å². The normalized spacial score (nSPS) is 16.9. The van der Waals surface area contributed by atoms with E-state index in [1.807, 2.05) is 0 Å². The Kier molecular flexibility index (Phi) is 2.62. The number of benzene rings is 1. The molecule has 2 rings (SSSR count). The van der Waals surface area contributed by atoms with Crippen molar-refractivity contribution < 1.29 is 22.7 Å². The fourth-order valence-corrected chi connectivity index (χ4v) is 2.71. The summed E-state index contributed by atoms with van der Waals surface area (Å²) in [6.45, 7) is -0.292. The van der Waals surface area contributed by atoms with E-state index in [0.717, 1.165) is 0 Å². The van der Waals surface area contributed by atoms with Crippen LogP contribution in [0, 0.1) is 0 Å². The summed E-state index contributed by atoms with van der Waals surface area (Å²) in [7, 11) is -2.69. The quantitative estimate of drug-likeness (QED) is 0.721. The van der Waals surface area contributed by atoms with Crippen LogP contribution in [0.15, 0.2) is 23.1 Å². The zero-order valence-corrected chi connectivity index (χ0v) is 9.71. The Bertz CT molecular complexity index is 605. The van der Waals surface area contributed by atoms with Gasteiger partial charge in [0, 0.05) is 0 Å². The van der Waals surface area contributed by atoms with Gasteiger partial charge in [-0.05, 0) is 18.2 Å². The van der Waals surface area contributed by atoms with Gasteiger partial charge in [-0.2, -0.15) is 0 Å². The Labute approximate surface area is 97.5 Å². The van der Waals surface area contributed by atoms with Gasteiger partial charge in [-0.3, -0.25) is 4.79 Å². The van der Waals surface area contributed by atoms with Crippen LogP contribution in [0.25, 0.3) is 0 Å². The largest absolute Gasteiger partial charge is 0.465 e. The van der Waals surface area contributed by atoms with Gasteiger partial charge in [0.05, 0.1) is 29.8 Å². The van der Waals surface area contributed by atoms with Crippen LogP contribution < -0.4 is 5.32 Å². The van der Waals surface area contributed by atoms with Crippen LogP contribution in [0.1, 0.15) is 10.4 Å². The highest BCUT2D eigenvalue weighted by atomic mass is 32.2. The van der Waals surface area contributed by atoms with Gasteiger partial charge in [-0.1, -0.05) is 0 Å².